The molecule has 2 N–H and O–H groups in total. The molecule has 1 aliphatic heterocycles. The minimum atomic E-state index is -3.94. The van der Waals surface area contributed by atoms with Crippen LogP contribution >= 0.6 is 15.9 Å². The molecule has 3 aromatic rings. The van der Waals surface area contributed by atoms with Crippen LogP contribution in [0.3, 0.4) is 0 Å². The molecule has 8 nitrogen and oxygen atoms in total. The molecule has 2 heterocycles. The first kappa shape index (κ1) is 18.8. The monoisotopic (exact) mass is 465 g/mol. The van der Waals surface area contributed by atoms with E-state index in [1.165, 1.54) is 12.1 Å². The average molecular weight is 466 g/mol. The van der Waals surface area contributed by atoms with Gasteiger partial charge in [0.15, 0.2) is 11.5 Å². The second-order valence-corrected chi connectivity index (χ2v) is 8.77. The van der Waals surface area contributed by atoms with Crippen LogP contribution in [-0.2, 0) is 10.0 Å². The number of aromatic nitrogens is 2. The molecular formula is C18H16BrN3O5S. The zero-order chi connectivity index (χ0) is 19.9. The SMILES string of the molecule is Cc1nc2ccc(NS(=O)(=O)c3cc4c(cc3Br)OCCCO4)cc2c(=O)[nH]1. The fourth-order valence-electron chi connectivity index (χ4n) is 2.90. The topological polar surface area (TPSA) is 110 Å². The third-order valence-corrected chi connectivity index (χ3v) is 6.51. The lowest BCUT2D eigenvalue weighted by molar-refractivity contribution is 0.297. The Morgan fingerprint density at radius 2 is 1.86 bits per heavy atom. The second kappa shape index (κ2) is 7.10. The summed E-state index contributed by atoms with van der Waals surface area (Å²) in [5.41, 5.74) is 0.406. The highest BCUT2D eigenvalue weighted by molar-refractivity contribution is 9.10. The number of rotatable bonds is 3. The second-order valence-electron chi connectivity index (χ2n) is 6.27. The summed E-state index contributed by atoms with van der Waals surface area (Å²) < 4.78 is 39.9. The zero-order valence-corrected chi connectivity index (χ0v) is 17.2. The smallest absolute Gasteiger partial charge is 0.263 e. The number of aromatic amines is 1. The largest absolute Gasteiger partial charge is 0.490 e. The number of benzene rings is 2. The van der Waals surface area contributed by atoms with Gasteiger partial charge in [-0.1, -0.05) is 0 Å². The van der Waals surface area contributed by atoms with Crippen molar-refractivity contribution in [2.24, 2.45) is 0 Å². The van der Waals surface area contributed by atoms with Crippen molar-refractivity contribution in [1.29, 1.82) is 0 Å². The predicted molar refractivity (Wildman–Crippen MR) is 108 cm³/mol. The normalized spacial score (nSPS) is 13.9. The van der Waals surface area contributed by atoms with Gasteiger partial charge in [-0.25, -0.2) is 13.4 Å². The molecule has 28 heavy (non-hydrogen) atoms. The van der Waals surface area contributed by atoms with Crippen LogP contribution in [0.15, 0.2) is 44.5 Å². The molecule has 0 saturated carbocycles. The van der Waals surface area contributed by atoms with Crippen molar-refractivity contribution >= 4 is 42.5 Å². The molecule has 0 atom stereocenters. The molecule has 146 valence electrons. The van der Waals surface area contributed by atoms with Crippen molar-refractivity contribution in [2.75, 3.05) is 17.9 Å². The Balaban J connectivity index is 1.73. The van der Waals surface area contributed by atoms with Gasteiger partial charge in [0.05, 0.1) is 24.1 Å². The number of anilines is 1. The van der Waals surface area contributed by atoms with E-state index in [9.17, 15) is 13.2 Å². The third-order valence-electron chi connectivity index (χ3n) is 4.17. The number of hydrogen-bond donors (Lipinski definition) is 2. The Bertz CT molecular complexity index is 1240. The van der Waals surface area contributed by atoms with Gasteiger partial charge in [0, 0.05) is 22.6 Å². The van der Waals surface area contributed by atoms with E-state index in [-0.39, 0.29) is 16.1 Å². The molecule has 0 saturated heterocycles. The standard InChI is InChI=1S/C18H16BrN3O5S/c1-10-20-14-4-3-11(7-12(14)18(23)21-10)22-28(24,25)17-9-16-15(8-13(17)19)26-5-2-6-27-16/h3-4,7-9,22H,2,5-6H2,1H3,(H,20,21,23). The van der Waals surface area contributed by atoms with Gasteiger partial charge in [0.25, 0.3) is 15.6 Å². The molecule has 1 aromatic heterocycles. The highest BCUT2D eigenvalue weighted by atomic mass is 79.9. The summed E-state index contributed by atoms with van der Waals surface area (Å²) in [6.07, 6.45) is 0.714. The van der Waals surface area contributed by atoms with Crippen molar-refractivity contribution in [2.45, 2.75) is 18.2 Å². The number of aryl methyl sites for hydroxylation is 1. The fraction of sp³-hybridized carbons (Fsp3) is 0.222. The van der Waals surface area contributed by atoms with Crippen molar-refractivity contribution in [1.82, 2.24) is 9.97 Å². The van der Waals surface area contributed by atoms with E-state index in [1.807, 2.05) is 0 Å². The minimum Gasteiger partial charge on any atom is -0.490 e. The van der Waals surface area contributed by atoms with E-state index in [0.29, 0.717) is 52.3 Å². The highest BCUT2D eigenvalue weighted by Gasteiger charge is 2.23. The molecule has 1 aliphatic rings. The van der Waals surface area contributed by atoms with Crippen LogP contribution in [0.1, 0.15) is 12.2 Å². The number of sulfonamides is 1. The van der Waals surface area contributed by atoms with Crippen molar-refractivity contribution in [3.63, 3.8) is 0 Å². The van der Waals surface area contributed by atoms with E-state index in [1.54, 1.807) is 25.1 Å². The molecule has 4 rings (SSSR count). The molecule has 0 amide bonds. The van der Waals surface area contributed by atoms with Crippen LogP contribution in [0.25, 0.3) is 10.9 Å². The van der Waals surface area contributed by atoms with Gasteiger partial charge >= 0.3 is 0 Å². The predicted octanol–water partition coefficient (Wildman–Crippen LogP) is 2.96. The lowest BCUT2D eigenvalue weighted by atomic mass is 10.2. The molecule has 0 spiro atoms. The van der Waals surface area contributed by atoms with Crippen molar-refractivity contribution < 1.29 is 17.9 Å². The first-order valence-electron chi connectivity index (χ1n) is 8.46. The number of halogens is 1. The summed E-state index contributed by atoms with van der Waals surface area (Å²) in [7, 11) is -3.94. The molecule has 2 aromatic carbocycles. The maximum absolute atomic E-state index is 12.9. The van der Waals surface area contributed by atoms with E-state index >= 15 is 0 Å². The number of hydrogen-bond acceptors (Lipinski definition) is 6. The van der Waals surface area contributed by atoms with E-state index in [4.69, 9.17) is 9.47 Å². The van der Waals surface area contributed by atoms with Crippen LogP contribution in [0, 0.1) is 6.92 Å². The number of nitrogens with zero attached hydrogens (tertiary/aromatic N) is 1. The van der Waals surface area contributed by atoms with E-state index < -0.39 is 10.0 Å². The Labute approximate surface area is 169 Å². The molecule has 0 bridgehead atoms. The van der Waals surface area contributed by atoms with Gasteiger partial charge < -0.3 is 14.5 Å². The Morgan fingerprint density at radius 3 is 2.61 bits per heavy atom. The van der Waals surface area contributed by atoms with Gasteiger partial charge in [0.2, 0.25) is 0 Å². The third kappa shape index (κ3) is 3.57. The van der Waals surface area contributed by atoms with Crippen LogP contribution in [0.2, 0.25) is 0 Å². The van der Waals surface area contributed by atoms with Gasteiger partial charge in [-0.05, 0) is 47.1 Å². The van der Waals surface area contributed by atoms with Gasteiger partial charge in [0.1, 0.15) is 10.7 Å². The molecule has 0 aliphatic carbocycles. The van der Waals surface area contributed by atoms with Crippen molar-refractivity contribution in [3.05, 3.63) is 51.0 Å². The van der Waals surface area contributed by atoms with E-state index in [2.05, 4.69) is 30.6 Å². The fourth-order valence-corrected chi connectivity index (χ4v) is 4.99. The molecule has 10 heteroatoms. The summed E-state index contributed by atoms with van der Waals surface area (Å²) in [6, 6.07) is 7.61. The lowest BCUT2D eigenvalue weighted by Gasteiger charge is -2.13. The maximum atomic E-state index is 12.9. The van der Waals surface area contributed by atoms with Crippen molar-refractivity contribution in [3.8, 4) is 11.5 Å². The number of ether oxygens (including phenoxy) is 2. The van der Waals surface area contributed by atoms with E-state index in [0.717, 1.165) is 0 Å². The quantitative estimate of drug-likeness (QED) is 0.614. The van der Waals surface area contributed by atoms with Gasteiger partial charge in [-0.3, -0.25) is 9.52 Å². The Hall–Kier alpha value is -2.59. The van der Waals surface area contributed by atoms with Crippen LogP contribution < -0.4 is 19.8 Å². The Kier molecular flexibility index (Phi) is 4.76. The summed E-state index contributed by atoms with van der Waals surface area (Å²) in [6.45, 7) is 2.63. The average Bonchev–Trinajstić information content (AvgIpc) is 2.86. The molecule has 0 fully saturated rings. The molecule has 0 unspecified atom stereocenters. The van der Waals surface area contributed by atoms with Crippen LogP contribution in [0.4, 0.5) is 5.69 Å². The first-order chi connectivity index (χ1) is 13.3. The maximum Gasteiger partial charge on any atom is 0.263 e. The van der Waals surface area contributed by atoms with Gasteiger partial charge in [-0.2, -0.15) is 0 Å². The minimum absolute atomic E-state index is 0.00721. The number of fused-ring (bicyclic) bond motifs is 2. The summed E-state index contributed by atoms with van der Waals surface area (Å²) in [5, 5.41) is 0.295. The zero-order valence-electron chi connectivity index (χ0n) is 14.8. The number of H-pyrrole nitrogens is 1. The Morgan fingerprint density at radius 1 is 1.14 bits per heavy atom. The summed E-state index contributed by atoms with van der Waals surface area (Å²) in [5.74, 6) is 1.35. The summed E-state index contributed by atoms with van der Waals surface area (Å²) >= 11 is 3.29. The number of nitrogens with one attached hydrogen (secondary N) is 2. The van der Waals surface area contributed by atoms with Gasteiger partial charge in [-0.15, -0.1) is 0 Å². The molecule has 0 radical (unpaired) electrons. The van der Waals surface area contributed by atoms with Crippen LogP contribution in [0.5, 0.6) is 11.5 Å². The lowest BCUT2D eigenvalue weighted by Crippen LogP contribution is -2.15. The van der Waals surface area contributed by atoms with Crippen LogP contribution in [-0.4, -0.2) is 31.6 Å². The first-order valence-corrected chi connectivity index (χ1v) is 10.7. The highest BCUT2D eigenvalue weighted by Crippen LogP contribution is 2.37. The molecular weight excluding hydrogens is 450 g/mol. The summed E-state index contributed by atoms with van der Waals surface area (Å²) in [4.78, 5) is 19.0.